The molecule has 0 saturated heterocycles. The van der Waals surface area contributed by atoms with Gasteiger partial charge in [0.25, 0.3) is 0 Å². The molecule has 4 N–H and O–H groups in total. The van der Waals surface area contributed by atoms with Gasteiger partial charge in [-0.25, -0.2) is 4.79 Å². The van der Waals surface area contributed by atoms with Crippen LogP contribution in [0.15, 0.2) is 42.5 Å². The van der Waals surface area contributed by atoms with E-state index < -0.39 is 0 Å². The Morgan fingerprint density at radius 3 is 2.55 bits per heavy atom. The van der Waals surface area contributed by atoms with Crippen LogP contribution >= 0.6 is 0 Å². The number of carbonyl (C=O) groups excluding carboxylic acids is 1. The largest absolute Gasteiger partial charge is 0.397 e. The lowest BCUT2D eigenvalue weighted by molar-refractivity contribution is 0.251. The van der Waals surface area contributed by atoms with Crippen LogP contribution in [0, 0.1) is 13.8 Å². The number of hydrogen-bond acceptors (Lipinski definition) is 2. The number of anilines is 2. The highest BCUT2D eigenvalue weighted by Gasteiger charge is 2.04. The van der Waals surface area contributed by atoms with E-state index in [-0.39, 0.29) is 6.03 Å². The molecule has 0 aliphatic heterocycles. The van der Waals surface area contributed by atoms with Crippen LogP contribution in [-0.2, 0) is 6.54 Å². The van der Waals surface area contributed by atoms with E-state index in [1.807, 2.05) is 50.2 Å². The summed E-state index contributed by atoms with van der Waals surface area (Å²) in [4.78, 5) is 11.8. The van der Waals surface area contributed by atoms with Gasteiger partial charge >= 0.3 is 6.03 Å². The quantitative estimate of drug-likeness (QED) is 0.749. The third kappa shape index (κ3) is 3.75. The number of aryl methyl sites for hydroxylation is 2. The zero-order chi connectivity index (χ0) is 14.5. The highest BCUT2D eigenvalue weighted by Crippen LogP contribution is 2.19. The molecule has 0 spiro atoms. The van der Waals surface area contributed by atoms with Crippen LogP contribution in [0.25, 0.3) is 0 Å². The van der Waals surface area contributed by atoms with Crippen molar-refractivity contribution in [1.29, 1.82) is 0 Å². The van der Waals surface area contributed by atoms with Crippen molar-refractivity contribution in [3.05, 3.63) is 59.2 Å². The monoisotopic (exact) mass is 269 g/mol. The van der Waals surface area contributed by atoms with Crippen LogP contribution in [0.1, 0.15) is 16.7 Å². The fourth-order valence-electron chi connectivity index (χ4n) is 1.97. The van der Waals surface area contributed by atoms with Gasteiger partial charge in [0, 0.05) is 6.54 Å². The molecule has 4 nitrogen and oxygen atoms in total. The van der Waals surface area contributed by atoms with E-state index in [9.17, 15) is 4.79 Å². The summed E-state index contributed by atoms with van der Waals surface area (Å²) in [5, 5.41) is 5.56. The van der Waals surface area contributed by atoms with Crippen LogP contribution in [0.4, 0.5) is 16.2 Å². The van der Waals surface area contributed by atoms with Gasteiger partial charge in [0.15, 0.2) is 0 Å². The van der Waals surface area contributed by atoms with Gasteiger partial charge in [0.2, 0.25) is 0 Å². The molecule has 0 bridgehead atoms. The van der Waals surface area contributed by atoms with E-state index >= 15 is 0 Å². The molecule has 0 unspecified atom stereocenters. The maximum absolute atomic E-state index is 11.8. The number of nitrogen functional groups attached to an aromatic ring is 1. The Labute approximate surface area is 119 Å². The molecule has 104 valence electrons. The number of urea groups is 1. The summed E-state index contributed by atoms with van der Waals surface area (Å²) in [6, 6.07) is 13.3. The van der Waals surface area contributed by atoms with Crippen molar-refractivity contribution in [2.75, 3.05) is 11.1 Å². The van der Waals surface area contributed by atoms with E-state index in [2.05, 4.69) is 10.6 Å². The Kier molecular flexibility index (Phi) is 4.25. The molecule has 0 aliphatic carbocycles. The van der Waals surface area contributed by atoms with E-state index in [4.69, 9.17) is 5.73 Å². The Morgan fingerprint density at radius 1 is 1.10 bits per heavy atom. The summed E-state index contributed by atoms with van der Waals surface area (Å²) in [5.41, 5.74) is 10.3. The molecular formula is C16H19N3O. The first-order valence-corrected chi connectivity index (χ1v) is 6.51. The molecule has 20 heavy (non-hydrogen) atoms. The minimum Gasteiger partial charge on any atom is -0.397 e. The van der Waals surface area contributed by atoms with Crippen LogP contribution in [0.5, 0.6) is 0 Å². The van der Waals surface area contributed by atoms with Gasteiger partial charge in [-0.15, -0.1) is 0 Å². The van der Waals surface area contributed by atoms with Crippen molar-refractivity contribution in [3.63, 3.8) is 0 Å². The lowest BCUT2D eigenvalue weighted by Gasteiger charge is -2.10. The average molecular weight is 269 g/mol. The zero-order valence-electron chi connectivity index (χ0n) is 11.7. The van der Waals surface area contributed by atoms with Crippen molar-refractivity contribution in [2.45, 2.75) is 20.4 Å². The minimum absolute atomic E-state index is 0.262. The summed E-state index contributed by atoms with van der Waals surface area (Å²) in [5.74, 6) is 0. The number of rotatable bonds is 3. The van der Waals surface area contributed by atoms with Gasteiger partial charge in [0.05, 0.1) is 11.4 Å². The van der Waals surface area contributed by atoms with Gasteiger partial charge < -0.3 is 16.4 Å². The van der Waals surface area contributed by atoms with Gasteiger partial charge in [-0.05, 0) is 37.1 Å². The topological polar surface area (TPSA) is 67.2 Å². The molecule has 2 aromatic carbocycles. The molecule has 0 aromatic heterocycles. The second kappa shape index (κ2) is 6.10. The Morgan fingerprint density at radius 2 is 1.85 bits per heavy atom. The standard InChI is InChI=1S/C16H19N3O/c1-11-4-3-5-13(8-11)10-18-16(20)19-15-7-6-12(2)9-14(15)17/h3-9H,10,17H2,1-2H3,(H2,18,19,20). The van der Waals surface area contributed by atoms with Crippen LogP contribution in [-0.4, -0.2) is 6.03 Å². The molecular weight excluding hydrogens is 250 g/mol. The van der Waals surface area contributed by atoms with Crippen molar-refractivity contribution in [2.24, 2.45) is 0 Å². The molecule has 0 aliphatic rings. The van der Waals surface area contributed by atoms with Crippen LogP contribution in [0.3, 0.4) is 0 Å². The van der Waals surface area contributed by atoms with E-state index in [0.717, 1.165) is 11.1 Å². The third-order valence-electron chi connectivity index (χ3n) is 2.99. The molecule has 4 heteroatoms. The van der Waals surface area contributed by atoms with Gasteiger partial charge in [-0.2, -0.15) is 0 Å². The first-order valence-electron chi connectivity index (χ1n) is 6.51. The number of nitrogens with one attached hydrogen (secondary N) is 2. The van der Waals surface area contributed by atoms with Crippen LogP contribution in [0.2, 0.25) is 0 Å². The predicted molar refractivity (Wildman–Crippen MR) is 82.6 cm³/mol. The molecule has 2 aromatic rings. The van der Waals surface area contributed by atoms with Crippen LogP contribution < -0.4 is 16.4 Å². The number of amides is 2. The number of carbonyl (C=O) groups is 1. The van der Waals surface area contributed by atoms with Gasteiger partial charge in [0.1, 0.15) is 0 Å². The molecule has 0 saturated carbocycles. The molecule has 0 radical (unpaired) electrons. The molecule has 0 atom stereocenters. The maximum Gasteiger partial charge on any atom is 0.319 e. The molecule has 2 amide bonds. The van der Waals surface area contributed by atoms with Crippen molar-refractivity contribution >= 4 is 17.4 Å². The summed E-state index contributed by atoms with van der Waals surface area (Å²) in [6.07, 6.45) is 0. The predicted octanol–water partition coefficient (Wildman–Crippen LogP) is 3.21. The van der Waals surface area contributed by atoms with E-state index in [0.29, 0.717) is 17.9 Å². The highest BCUT2D eigenvalue weighted by molar-refractivity contribution is 5.92. The Balaban J connectivity index is 1.92. The molecule has 2 rings (SSSR count). The maximum atomic E-state index is 11.8. The highest BCUT2D eigenvalue weighted by atomic mass is 16.2. The normalized spacial score (nSPS) is 10.1. The minimum atomic E-state index is -0.262. The Hall–Kier alpha value is -2.49. The van der Waals surface area contributed by atoms with Gasteiger partial charge in [-0.3, -0.25) is 0 Å². The first kappa shape index (κ1) is 13.9. The lowest BCUT2D eigenvalue weighted by Crippen LogP contribution is -2.28. The summed E-state index contributed by atoms with van der Waals surface area (Å²) < 4.78 is 0. The van der Waals surface area contributed by atoms with Crippen molar-refractivity contribution in [3.8, 4) is 0 Å². The first-order chi connectivity index (χ1) is 9.54. The molecule has 0 fully saturated rings. The van der Waals surface area contributed by atoms with Crippen molar-refractivity contribution < 1.29 is 4.79 Å². The zero-order valence-corrected chi connectivity index (χ0v) is 11.7. The summed E-state index contributed by atoms with van der Waals surface area (Å²) in [7, 11) is 0. The third-order valence-corrected chi connectivity index (χ3v) is 2.99. The summed E-state index contributed by atoms with van der Waals surface area (Å²) >= 11 is 0. The van der Waals surface area contributed by atoms with E-state index in [1.165, 1.54) is 5.56 Å². The number of nitrogens with two attached hydrogens (primary N) is 1. The molecule has 0 heterocycles. The van der Waals surface area contributed by atoms with E-state index in [1.54, 1.807) is 6.07 Å². The fraction of sp³-hybridized carbons (Fsp3) is 0.188. The van der Waals surface area contributed by atoms with Crippen molar-refractivity contribution in [1.82, 2.24) is 5.32 Å². The fourth-order valence-corrected chi connectivity index (χ4v) is 1.97. The SMILES string of the molecule is Cc1cccc(CNC(=O)Nc2ccc(C)cc2N)c1. The lowest BCUT2D eigenvalue weighted by atomic mass is 10.1. The second-order valence-electron chi connectivity index (χ2n) is 4.89. The average Bonchev–Trinajstić information content (AvgIpc) is 2.40. The number of benzene rings is 2. The number of hydrogen-bond donors (Lipinski definition) is 3. The smallest absolute Gasteiger partial charge is 0.319 e. The summed E-state index contributed by atoms with van der Waals surface area (Å²) in [6.45, 7) is 4.47. The second-order valence-corrected chi connectivity index (χ2v) is 4.89. The van der Waals surface area contributed by atoms with Gasteiger partial charge in [-0.1, -0.05) is 35.9 Å². The Bertz CT molecular complexity index is 623.